The van der Waals surface area contributed by atoms with Gasteiger partial charge in [-0.3, -0.25) is 0 Å². The molecule has 0 atom stereocenters. The molecule has 0 unspecified atom stereocenters. The van der Waals surface area contributed by atoms with E-state index in [1.165, 1.54) is 18.4 Å². The van der Waals surface area contributed by atoms with Gasteiger partial charge in [-0.15, -0.1) is 5.10 Å². The maximum atomic E-state index is 11.9. The Hall–Kier alpha value is -2.15. The van der Waals surface area contributed by atoms with Crippen LogP contribution in [0, 0.1) is 13.8 Å². The van der Waals surface area contributed by atoms with Crippen LogP contribution in [0.4, 0.5) is 0 Å². The molecule has 0 amide bonds. The highest BCUT2D eigenvalue weighted by atomic mass is 32.2. The lowest BCUT2D eigenvalue weighted by atomic mass is 10.0. The lowest BCUT2D eigenvalue weighted by Crippen LogP contribution is -2.08. The van der Waals surface area contributed by atoms with Crippen LogP contribution < -0.4 is 5.63 Å². The topological polar surface area (TPSA) is 73.8 Å². The van der Waals surface area contributed by atoms with E-state index < -0.39 is 0 Å². The molecule has 130 valence electrons. The van der Waals surface area contributed by atoms with E-state index in [4.69, 9.17) is 4.42 Å². The Balaban J connectivity index is 1.64. The van der Waals surface area contributed by atoms with Crippen LogP contribution in [-0.2, 0) is 5.75 Å². The summed E-state index contributed by atoms with van der Waals surface area (Å²) in [6, 6.07) is 6.00. The minimum absolute atomic E-state index is 0.318. The molecule has 0 N–H and O–H groups in total. The monoisotopic (exact) mass is 356 g/mol. The average molecular weight is 356 g/mol. The molecule has 0 spiro atoms. The van der Waals surface area contributed by atoms with Gasteiger partial charge in [-0.2, -0.15) is 0 Å². The van der Waals surface area contributed by atoms with Gasteiger partial charge in [-0.25, -0.2) is 9.48 Å². The van der Waals surface area contributed by atoms with Crippen LogP contribution in [0.25, 0.3) is 11.0 Å². The molecular weight excluding hydrogens is 336 g/mol. The fourth-order valence-corrected chi connectivity index (χ4v) is 4.34. The molecule has 0 aliphatic heterocycles. The predicted molar refractivity (Wildman–Crippen MR) is 96.8 cm³/mol. The first-order chi connectivity index (χ1) is 12.1. The Morgan fingerprint density at radius 2 is 1.96 bits per heavy atom. The zero-order valence-corrected chi connectivity index (χ0v) is 15.2. The number of fused-ring (bicyclic) bond motifs is 1. The van der Waals surface area contributed by atoms with Crippen molar-refractivity contribution >= 4 is 22.7 Å². The number of rotatable bonds is 4. The van der Waals surface area contributed by atoms with Gasteiger partial charge in [0.1, 0.15) is 5.58 Å². The van der Waals surface area contributed by atoms with Crippen LogP contribution in [0.1, 0.15) is 48.4 Å². The third-order valence-corrected chi connectivity index (χ3v) is 5.92. The highest BCUT2D eigenvalue weighted by Crippen LogP contribution is 2.33. The number of hydrogen-bond acceptors (Lipinski definition) is 6. The van der Waals surface area contributed by atoms with Crippen molar-refractivity contribution in [1.82, 2.24) is 20.2 Å². The molecule has 4 rings (SSSR count). The van der Waals surface area contributed by atoms with Crippen LogP contribution in [0.15, 0.2) is 32.6 Å². The molecule has 6 nitrogen and oxygen atoms in total. The molecular formula is C18H20N4O2S. The van der Waals surface area contributed by atoms with Gasteiger partial charge in [0.15, 0.2) is 0 Å². The smallest absolute Gasteiger partial charge is 0.336 e. The Morgan fingerprint density at radius 1 is 1.20 bits per heavy atom. The third kappa shape index (κ3) is 3.20. The van der Waals surface area contributed by atoms with Crippen molar-refractivity contribution in [3.8, 4) is 0 Å². The van der Waals surface area contributed by atoms with Gasteiger partial charge in [-0.05, 0) is 65.9 Å². The van der Waals surface area contributed by atoms with Crippen LogP contribution >= 0.6 is 11.8 Å². The number of aromatic nitrogens is 4. The van der Waals surface area contributed by atoms with E-state index in [1.54, 1.807) is 17.8 Å². The summed E-state index contributed by atoms with van der Waals surface area (Å²) in [6.07, 6.45) is 4.74. The van der Waals surface area contributed by atoms with E-state index in [0.29, 0.717) is 17.4 Å². The second-order valence-electron chi connectivity index (χ2n) is 6.66. The van der Waals surface area contributed by atoms with E-state index in [9.17, 15) is 4.79 Å². The minimum atomic E-state index is -0.318. The molecule has 1 aromatic carbocycles. The SMILES string of the molecule is Cc1cc2oc(=O)cc(CSc3nnnn3C3CCCC3)c2cc1C. The summed E-state index contributed by atoms with van der Waals surface area (Å²) >= 11 is 1.57. The number of nitrogens with zero attached hydrogens (tertiary/aromatic N) is 4. The quantitative estimate of drug-likeness (QED) is 0.523. The zero-order chi connectivity index (χ0) is 17.4. The van der Waals surface area contributed by atoms with Gasteiger partial charge < -0.3 is 4.42 Å². The molecule has 2 aromatic heterocycles. The van der Waals surface area contributed by atoms with Crippen molar-refractivity contribution in [2.24, 2.45) is 0 Å². The number of aryl methyl sites for hydroxylation is 2. The first kappa shape index (κ1) is 16.3. The summed E-state index contributed by atoms with van der Waals surface area (Å²) in [5.41, 5.74) is 3.58. The number of thioether (sulfide) groups is 1. The fraction of sp³-hybridized carbons (Fsp3) is 0.444. The average Bonchev–Trinajstić information content (AvgIpc) is 3.25. The maximum absolute atomic E-state index is 11.9. The van der Waals surface area contributed by atoms with Crippen molar-refractivity contribution in [3.63, 3.8) is 0 Å². The summed E-state index contributed by atoms with van der Waals surface area (Å²) < 4.78 is 7.31. The molecule has 25 heavy (non-hydrogen) atoms. The summed E-state index contributed by atoms with van der Waals surface area (Å²) in [5.74, 6) is 0.637. The van der Waals surface area contributed by atoms with Crippen molar-refractivity contribution in [2.75, 3.05) is 0 Å². The van der Waals surface area contributed by atoms with Crippen molar-refractivity contribution in [1.29, 1.82) is 0 Å². The summed E-state index contributed by atoms with van der Waals surface area (Å²) in [7, 11) is 0. The number of hydrogen-bond donors (Lipinski definition) is 0. The summed E-state index contributed by atoms with van der Waals surface area (Å²) in [4.78, 5) is 11.9. The molecule has 1 saturated carbocycles. The van der Waals surface area contributed by atoms with Gasteiger partial charge in [0.25, 0.3) is 0 Å². The fourth-order valence-electron chi connectivity index (χ4n) is 3.40. The maximum Gasteiger partial charge on any atom is 0.336 e. The molecule has 0 bridgehead atoms. The van der Waals surface area contributed by atoms with Gasteiger partial charge in [-0.1, -0.05) is 24.6 Å². The van der Waals surface area contributed by atoms with E-state index in [1.807, 2.05) is 17.7 Å². The zero-order valence-electron chi connectivity index (χ0n) is 14.4. The normalized spacial score (nSPS) is 15.3. The Morgan fingerprint density at radius 3 is 2.76 bits per heavy atom. The first-order valence-corrected chi connectivity index (χ1v) is 9.55. The summed E-state index contributed by atoms with van der Waals surface area (Å²) in [6.45, 7) is 4.09. The molecule has 7 heteroatoms. The molecule has 3 aromatic rings. The second-order valence-corrected chi connectivity index (χ2v) is 7.60. The van der Waals surface area contributed by atoms with Gasteiger partial charge >= 0.3 is 5.63 Å². The second kappa shape index (κ2) is 6.63. The summed E-state index contributed by atoms with van der Waals surface area (Å²) in [5, 5.41) is 14.0. The molecule has 0 saturated heterocycles. The third-order valence-electron chi connectivity index (χ3n) is 4.93. The lowest BCUT2D eigenvalue weighted by molar-refractivity contribution is 0.423. The Labute approximate surface area is 149 Å². The van der Waals surface area contributed by atoms with E-state index in [-0.39, 0.29) is 5.63 Å². The van der Waals surface area contributed by atoms with Gasteiger partial charge in [0.2, 0.25) is 5.16 Å². The van der Waals surface area contributed by atoms with Crippen LogP contribution in [0.2, 0.25) is 0 Å². The van der Waals surface area contributed by atoms with Gasteiger partial charge in [0, 0.05) is 17.2 Å². The van der Waals surface area contributed by atoms with Crippen molar-refractivity contribution in [3.05, 3.63) is 45.3 Å². The lowest BCUT2D eigenvalue weighted by Gasteiger charge is -2.11. The molecule has 1 aliphatic rings. The standard InChI is InChI=1S/C18H20N4O2S/c1-11-7-15-13(9-17(23)24-16(15)8-12(11)2)10-25-18-19-20-21-22(18)14-5-3-4-6-14/h7-9,14H,3-6,10H2,1-2H3. The highest BCUT2D eigenvalue weighted by Gasteiger charge is 2.22. The van der Waals surface area contributed by atoms with Crippen molar-refractivity contribution in [2.45, 2.75) is 56.5 Å². The first-order valence-electron chi connectivity index (χ1n) is 8.56. The molecule has 2 heterocycles. The largest absolute Gasteiger partial charge is 0.423 e. The van der Waals surface area contributed by atoms with Crippen LogP contribution in [0.3, 0.4) is 0 Å². The number of tetrazole rings is 1. The Kier molecular flexibility index (Phi) is 4.33. The van der Waals surface area contributed by atoms with E-state index >= 15 is 0 Å². The molecule has 1 aliphatic carbocycles. The Bertz CT molecular complexity index is 973. The molecule has 0 radical (unpaired) electrons. The number of benzene rings is 1. The minimum Gasteiger partial charge on any atom is -0.423 e. The van der Waals surface area contributed by atoms with Crippen LogP contribution in [-0.4, -0.2) is 20.2 Å². The van der Waals surface area contributed by atoms with Crippen molar-refractivity contribution < 1.29 is 4.42 Å². The van der Waals surface area contributed by atoms with E-state index in [2.05, 4.69) is 28.5 Å². The predicted octanol–water partition coefficient (Wildman–Crippen LogP) is 3.80. The highest BCUT2D eigenvalue weighted by molar-refractivity contribution is 7.98. The molecule has 1 fully saturated rings. The van der Waals surface area contributed by atoms with E-state index in [0.717, 1.165) is 34.5 Å². The van der Waals surface area contributed by atoms with Crippen LogP contribution in [0.5, 0.6) is 0 Å². The van der Waals surface area contributed by atoms with Gasteiger partial charge in [0.05, 0.1) is 6.04 Å².